The fraction of sp³-hybridized carbons (Fsp3) is 0.706. The Balaban J connectivity index is 1.37. The summed E-state index contributed by atoms with van der Waals surface area (Å²) in [6.45, 7) is 3.74. The lowest BCUT2D eigenvalue weighted by Crippen LogP contribution is -2.37. The Morgan fingerprint density at radius 3 is 2.59 bits per heavy atom. The third-order valence-electron chi connectivity index (χ3n) is 5.45. The number of fused-ring (bicyclic) bond motifs is 1. The van der Waals surface area contributed by atoms with E-state index in [0.717, 1.165) is 17.1 Å². The fourth-order valence-electron chi connectivity index (χ4n) is 4.19. The largest absolute Gasteiger partial charge is 0.303 e. The van der Waals surface area contributed by atoms with Crippen LogP contribution in [0, 0.1) is 5.92 Å². The lowest BCUT2D eigenvalue weighted by atomic mass is 9.87. The molecule has 3 heterocycles. The molecule has 118 valence electrons. The molecule has 0 unspecified atom stereocenters. The van der Waals surface area contributed by atoms with Gasteiger partial charge in [-0.1, -0.05) is 19.3 Å². The number of H-pyrrole nitrogens is 1. The van der Waals surface area contributed by atoms with Gasteiger partial charge in [0.05, 0.1) is 5.69 Å². The van der Waals surface area contributed by atoms with Crippen molar-refractivity contribution in [3.05, 3.63) is 18.1 Å². The summed E-state index contributed by atoms with van der Waals surface area (Å²) in [7, 11) is 0. The maximum absolute atomic E-state index is 4.46. The maximum atomic E-state index is 4.46. The van der Waals surface area contributed by atoms with E-state index in [9.17, 15) is 0 Å². The molecule has 1 saturated heterocycles. The van der Waals surface area contributed by atoms with Gasteiger partial charge in [-0.2, -0.15) is 5.10 Å². The molecule has 5 heteroatoms. The van der Waals surface area contributed by atoms with Crippen LogP contribution >= 0.6 is 0 Å². The molecular formula is C17H25N5. The van der Waals surface area contributed by atoms with E-state index in [1.54, 1.807) is 12.4 Å². The molecule has 1 N–H and O–H groups in total. The Bertz CT molecular complexity index is 608. The Hall–Kier alpha value is -1.49. The smallest absolute Gasteiger partial charge is 0.199 e. The normalized spacial score (nSPS) is 22.4. The van der Waals surface area contributed by atoms with Gasteiger partial charge in [0.25, 0.3) is 0 Å². The minimum Gasteiger partial charge on any atom is -0.303 e. The number of piperidine rings is 1. The first-order valence-corrected chi connectivity index (χ1v) is 8.77. The van der Waals surface area contributed by atoms with E-state index in [1.165, 1.54) is 70.3 Å². The summed E-state index contributed by atoms with van der Waals surface area (Å²) in [5, 5.41) is 7.48. The van der Waals surface area contributed by atoms with Crippen molar-refractivity contribution in [3.8, 4) is 0 Å². The Morgan fingerprint density at radius 2 is 1.77 bits per heavy atom. The highest BCUT2D eigenvalue weighted by Crippen LogP contribution is 2.31. The van der Waals surface area contributed by atoms with E-state index < -0.39 is 0 Å². The molecule has 1 saturated carbocycles. The third-order valence-corrected chi connectivity index (χ3v) is 5.45. The summed E-state index contributed by atoms with van der Waals surface area (Å²) >= 11 is 0. The van der Waals surface area contributed by atoms with Crippen LogP contribution in [-0.2, 0) is 0 Å². The first-order chi connectivity index (χ1) is 10.9. The predicted octanol–water partition coefficient (Wildman–Crippen LogP) is 3.11. The maximum Gasteiger partial charge on any atom is 0.199 e. The number of likely N-dealkylation sites (tertiary alicyclic amines) is 1. The number of aromatic nitrogens is 4. The van der Waals surface area contributed by atoms with Crippen LogP contribution in [0.5, 0.6) is 0 Å². The minimum absolute atomic E-state index is 0.560. The summed E-state index contributed by atoms with van der Waals surface area (Å²) in [5.74, 6) is 1.51. The molecule has 0 radical (unpaired) electrons. The summed E-state index contributed by atoms with van der Waals surface area (Å²) < 4.78 is 0. The lowest BCUT2D eigenvalue weighted by molar-refractivity contribution is 0.163. The second-order valence-corrected chi connectivity index (χ2v) is 6.94. The first-order valence-electron chi connectivity index (χ1n) is 8.77. The average Bonchev–Trinajstić information content (AvgIpc) is 3.01. The van der Waals surface area contributed by atoms with Crippen LogP contribution in [0.25, 0.3) is 11.2 Å². The molecule has 0 aromatic carbocycles. The molecule has 0 spiro atoms. The van der Waals surface area contributed by atoms with E-state index >= 15 is 0 Å². The number of rotatable bonds is 3. The summed E-state index contributed by atoms with van der Waals surface area (Å²) in [5.41, 5.74) is 2.91. The van der Waals surface area contributed by atoms with Gasteiger partial charge in [-0.25, -0.2) is 9.97 Å². The molecule has 5 nitrogen and oxygen atoms in total. The van der Waals surface area contributed by atoms with Gasteiger partial charge >= 0.3 is 0 Å². The molecule has 1 aliphatic heterocycles. The zero-order valence-electron chi connectivity index (χ0n) is 13.2. The van der Waals surface area contributed by atoms with E-state index in [0.29, 0.717) is 5.92 Å². The first kappa shape index (κ1) is 14.1. The molecule has 2 aromatic heterocycles. The van der Waals surface area contributed by atoms with E-state index in [2.05, 4.69) is 25.1 Å². The molecule has 2 aliphatic rings. The molecule has 0 atom stereocenters. The third kappa shape index (κ3) is 2.86. The molecule has 2 fully saturated rings. The van der Waals surface area contributed by atoms with Gasteiger partial charge in [-0.3, -0.25) is 5.10 Å². The predicted molar refractivity (Wildman–Crippen MR) is 86.7 cm³/mol. The van der Waals surface area contributed by atoms with Crippen molar-refractivity contribution in [1.82, 2.24) is 25.1 Å². The fourth-order valence-corrected chi connectivity index (χ4v) is 4.19. The molecule has 0 bridgehead atoms. The molecule has 4 rings (SSSR count). The van der Waals surface area contributed by atoms with Crippen molar-refractivity contribution < 1.29 is 0 Å². The van der Waals surface area contributed by atoms with Crippen LogP contribution in [0.4, 0.5) is 0 Å². The van der Waals surface area contributed by atoms with E-state index in [-0.39, 0.29) is 0 Å². The second-order valence-electron chi connectivity index (χ2n) is 6.94. The summed E-state index contributed by atoms with van der Waals surface area (Å²) in [6.07, 6.45) is 13.1. The van der Waals surface area contributed by atoms with Gasteiger partial charge in [0.15, 0.2) is 5.65 Å². The highest BCUT2D eigenvalue weighted by Gasteiger charge is 2.26. The summed E-state index contributed by atoms with van der Waals surface area (Å²) in [6, 6.07) is 0. The lowest BCUT2D eigenvalue weighted by Gasteiger charge is -2.35. The topological polar surface area (TPSA) is 57.7 Å². The van der Waals surface area contributed by atoms with E-state index in [1.807, 2.05) is 0 Å². The standard InChI is InChI=1S/C17H25N5/c1-2-4-13(5-3-1)12-22-10-6-14(7-11-22)15-16-17(21-20-15)19-9-8-18-16/h8-9,13-14H,1-7,10-12H2,(H,19,20,21). The minimum atomic E-state index is 0.560. The average molecular weight is 299 g/mol. The highest BCUT2D eigenvalue weighted by atomic mass is 15.2. The van der Waals surface area contributed by atoms with Crippen LogP contribution in [0.3, 0.4) is 0 Å². The van der Waals surface area contributed by atoms with Crippen molar-refractivity contribution in [1.29, 1.82) is 0 Å². The number of aromatic amines is 1. The van der Waals surface area contributed by atoms with Crippen LogP contribution in [-0.4, -0.2) is 44.7 Å². The molecule has 22 heavy (non-hydrogen) atoms. The van der Waals surface area contributed by atoms with Gasteiger partial charge in [0, 0.05) is 24.9 Å². The van der Waals surface area contributed by atoms with Gasteiger partial charge in [-0.05, 0) is 44.7 Å². The van der Waals surface area contributed by atoms with Gasteiger partial charge in [0.2, 0.25) is 0 Å². The quantitative estimate of drug-likeness (QED) is 0.946. The zero-order valence-corrected chi connectivity index (χ0v) is 13.2. The number of hydrogen-bond donors (Lipinski definition) is 1. The number of hydrogen-bond acceptors (Lipinski definition) is 4. The van der Waals surface area contributed by atoms with Crippen molar-refractivity contribution in [3.63, 3.8) is 0 Å². The van der Waals surface area contributed by atoms with Crippen molar-refractivity contribution >= 4 is 11.2 Å². The van der Waals surface area contributed by atoms with Gasteiger partial charge < -0.3 is 4.90 Å². The zero-order chi connectivity index (χ0) is 14.8. The molecule has 2 aromatic rings. The van der Waals surface area contributed by atoms with Crippen molar-refractivity contribution in [2.24, 2.45) is 5.92 Å². The van der Waals surface area contributed by atoms with E-state index in [4.69, 9.17) is 0 Å². The highest BCUT2D eigenvalue weighted by molar-refractivity contribution is 5.72. The Kier molecular flexibility index (Phi) is 4.06. The Labute approximate surface area is 131 Å². The Morgan fingerprint density at radius 1 is 1.00 bits per heavy atom. The van der Waals surface area contributed by atoms with Crippen LogP contribution in [0.15, 0.2) is 12.4 Å². The molecule has 1 aliphatic carbocycles. The SMILES string of the molecule is c1cnc2c(C3CCN(CC4CCCCC4)CC3)[nH]nc2n1. The van der Waals surface area contributed by atoms with Crippen LogP contribution < -0.4 is 0 Å². The van der Waals surface area contributed by atoms with Crippen LogP contribution in [0.1, 0.15) is 56.6 Å². The van der Waals surface area contributed by atoms with Crippen LogP contribution in [0.2, 0.25) is 0 Å². The number of nitrogens with one attached hydrogen (secondary N) is 1. The van der Waals surface area contributed by atoms with Crippen molar-refractivity contribution in [2.75, 3.05) is 19.6 Å². The second kappa shape index (κ2) is 6.32. The monoisotopic (exact) mass is 299 g/mol. The van der Waals surface area contributed by atoms with Gasteiger partial charge in [-0.15, -0.1) is 0 Å². The molecular weight excluding hydrogens is 274 g/mol. The van der Waals surface area contributed by atoms with Crippen molar-refractivity contribution in [2.45, 2.75) is 50.9 Å². The number of nitrogens with zero attached hydrogens (tertiary/aromatic N) is 4. The molecule has 0 amide bonds. The summed E-state index contributed by atoms with van der Waals surface area (Å²) in [4.78, 5) is 11.4. The van der Waals surface area contributed by atoms with Gasteiger partial charge in [0.1, 0.15) is 5.52 Å².